The Morgan fingerprint density at radius 2 is 1.77 bits per heavy atom. The number of amides is 2. The van der Waals surface area contributed by atoms with Crippen molar-refractivity contribution in [1.29, 1.82) is 0 Å². The number of anilines is 1. The number of thiophene rings is 1. The zero-order chi connectivity index (χ0) is 21.7. The fraction of sp³-hybridized carbons (Fsp3) is 0.625. The van der Waals surface area contributed by atoms with E-state index in [-0.39, 0.29) is 29.7 Å². The highest BCUT2D eigenvalue weighted by Gasteiger charge is 2.48. The third-order valence-electron chi connectivity index (χ3n) is 7.66. The topological polar surface area (TPSA) is 95.5 Å². The van der Waals surface area contributed by atoms with E-state index < -0.39 is 17.8 Å². The molecule has 5 atom stereocenters. The number of aliphatic carboxylic acids is 1. The number of hydrogen-bond acceptors (Lipinski definition) is 4. The first-order valence-corrected chi connectivity index (χ1v) is 12.4. The lowest BCUT2D eigenvalue weighted by Gasteiger charge is -2.41. The van der Waals surface area contributed by atoms with Crippen molar-refractivity contribution in [3.8, 4) is 0 Å². The Labute approximate surface area is 186 Å². The van der Waals surface area contributed by atoms with Gasteiger partial charge in [0.25, 0.3) is 5.91 Å². The molecule has 0 unspecified atom stereocenters. The summed E-state index contributed by atoms with van der Waals surface area (Å²) in [5.74, 6) is -2.03. The van der Waals surface area contributed by atoms with Gasteiger partial charge in [-0.15, -0.1) is 11.3 Å². The van der Waals surface area contributed by atoms with Crippen molar-refractivity contribution in [1.82, 2.24) is 5.32 Å². The maximum Gasteiger partial charge on any atom is 0.307 e. The highest BCUT2D eigenvalue weighted by Crippen LogP contribution is 2.46. The van der Waals surface area contributed by atoms with Crippen LogP contribution in [0.15, 0.2) is 12.2 Å². The van der Waals surface area contributed by atoms with Crippen molar-refractivity contribution in [2.45, 2.75) is 64.3 Å². The van der Waals surface area contributed by atoms with Crippen molar-refractivity contribution in [2.24, 2.45) is 29.6 Å². The summed E-state index contributed by atoms with van der Waals surface area (Å²) in [4.78, 5) is 39.6. The summed E-state index contributed by atoms with van der Waals surface area (Å²) in [5, 5.41) is 16.5. The summed E-state index contributed by atoms with van der Waals surface area (Å²) in [6, 6.07) is 0.245. The van der Waals surface area contributed by atoms with Gasteiger partial charge < -0.3 is 15.7 Å². The molecule has 2 bridgehead atoms. The lowest BCUT2D eigenvalue weighted by molar-refractivity contribution is -0.151. The van der Waals surface area contributed by atoms with E-state index >= 15 is 0 Å². The molecule has 0 aromatic carbocycles. The highest BCUT2D eigenvalue weighted by atomic mass is 32.1. The molecule has 1 aromatic heterocycles. The molecular formula is C24H30N2O4S. The predicted molar refractivity (Wildman–Crippen MR) is 119 cm³/mol. The fourth-order valence-electron chi connectivity index (χ4n) is 5.70. The lowest BCUT2D eigenvalue weighted by Crippen LogP contribution is -2.47. The molecule has 6 nitrogen and oxygen atoms in total. The number of carbonyl (C=O) groups is 3. The van der Waals surface area contributed by atoms with E-state index in [9.17, 15) is 19.5 Å². The van der Waals surface area contributed by atoms with Crippen LogP contribution in [0.25, 0.3) is 0 Å². The van der Waals surface area contributed by atoms with E-state index in [4.69, 9.17) is 0 Å². The molecular weight excluding hydrogens is 412 g/mol. The van der Waals surface area contributed by atoms with Crippen LogP contribution in [0, 0.1) is 29.6 Å². The molecule has 2 saturated carbocycles. The van der Waals surface area contributed by atoms with Gasteiger partial charge in [-0.25, -0.2) is 0 Å². The van der Waals surface area contributed by atoms with Crippen molar-refractivity contribution in [3.05, 3.63) is 28.2 Å². The second-order valence-electron chi connectivity index (χ2n) is 9.64. The Hall–Kier alpha value is -2.15. The molecule has 1 aromatic rings. The minimum absolute atomic E-state index is 0.0473. The highest BCUT2D eigenvalue weighted by molar-refractivity contribution is 7.17. The average molecular weight is 443 g/mol. The number of carbonyl (C=O) groups excluding carboxylic acids is 2. The van der Waals surface area contributed by atoms with Crippen LogP contribution in [0.5, 0.6) is 0 Å². The molecule has 0 aliphatic heterocycles. The number of nitrogens with one attached hydrogen (secondary N) is 2. The van der Waals surface area contributed by atoms with Gasteiger partial charge in [0.15, 0.2) is 0 Å². The van der Waals surface area contributed by atoms with Crippen LogP contribution in [0.1, 0.15) is 66.2 Å². The summed E-state index contributed by atoms with van der Waals surface area (Å²) in [6.45, 7) is 2.20. The van der Waals surface area contributed by atoms with Crippen LogP contribution < -0.4 is 10.6 Å². The Kier molecular flexibility index (Phi) is 5.40. The van der Waals surface area contributed by atoms with Crippen molar-refractivity contribution in [3.63, 3.8) is 0 Å². The second kappa shape index (κ2) is 8.08. The molecule has 2 fully saturated rings. The van der Waals surface area contributed by atoms with Gasteiger partial charge in [-0.3, -0.25) is 14.4 Å². The minimum Gasteiger partial charge on any atom is -0.481 e. The first kappa shape index (κ1) is 20.7. The van der Waals surface area contributed by atoms with Crippen molar-refractivity contribution in [2.75, 3.05) is 5.32 Å². The summed E-state index contributed by atoms with van der Waals surface area (Å²) in [5.41, 5.74) is 1.71. The summed E-state index contributed by atoms with van der Waals surface area (Å²) in [7, 11) is 0. The van der Waals surface area contributed by atoms with E-state index in [2.05, 4.69) is 17.6 Å². The van der Waals surface area contributed by atoms with Gasteiger partial charge in [0.05, 0.1) is 17.4 Å². The van der Waals surface area contributed by atoms with Gasteiger partial charge in [0, 0.05) is 10.9 Å². The molecule has 166 valence electrons. The first-order chi connectivity index (χ1) is 15.0. The Balaban J connectivity index is 1.44. The molecule has 0 saturated heterocycles. The van der Waals surface area contributed by atoms with Crippen molar-refractivity contribution < 1.29 is 19.5 Å². The first-order valence-electron chi connectivity index (χ1n) is 11.6. The Bertz CT molecular complexity index is 948. The Morgan fingerprint density at radius 1 is 1.06 bits per heavy atom. The fourth-order valence-corrected chi connectivity index (χ4v) is 7.06. The number of carboxylic acids is 1. The van der Waals surface area contributed by atoms with E-state index in [0.717, 1.165) is 56.9 Å². The smallest absolute Gasteiger partial charge is 0.307 e. The van der Waals surface area contributed by atoms with Crippen LogP contribution in [0.3, 0.4) is 0 Å². The maximum absolute atomic E-state index is 13.4. The average Bonchev–Trinajstić information content (AvgIpc) is 3.51. The van der Waals surface area contributed by atoms with E-state index in [1.807, 2.05) is 12.2 Å². The predicted octanol–water partition coefficient (Wildman–Crippen LogP) is 4.01. The molecule has 1 heterocycles. The van der Waals surface area contributed by atoms with Crippen LogP contribution in [-0.4, -0.2) is 28.9 Å². The molecule has 0 spiro atoms. The normalized spacial score (nSPS) is 31.2. The van der Waals surface area contributed by atoms with Crippen LogP contribution >= 0.6 is 11.3 Å². The van der Waals surface area contributed by atoms with Gasteiger partial charge in [-0.05, 0) is 68.3 Å². The van der Waals surface area contributed by atoms with Gasteiger partial charge in [0.1, 0.15) is 5.00 Å². The molecule has 6 rings (SSSR count). The Morgan fingerprint density at radius 3 is 2.39 bits per heavy atom. The molecule has 0 radical (unpaired) electrons. The number of rotatable bonds is 6. The third kappa shape index (κ3) is 3.81. The zero-order valence-electron chi connectivity index (χ0n) is 17.9. The standard InChI is InChI=1S/C24H30N2O4S/c1-2-12-3-10-16-17(11-12)31-23(20(16)22(28)25-15-8-9-15)26-21(27)18-13-4-6-14(7-5-13)19(18)24(29)30/h4,6,12-15,18-19H,2-3,5,7-11H2,1H3,(H,25,28)(H,26,27)(H,29,30)/t12-,13+,14-,18+,19-/m0/s1. The molecule has 31 heavy (non-hydrogen) atoms. The molecule has 5 aliphatic rings. The summed E-state index contributed by atoms with van der Waals surface area (Å²) >= 11 is 1.52. The molecule has 7 heteroatoms. The monoisotopic (exact) mass is 442 g/mol. The maximum atomic E-state index is 13.4. The van der Waals surface area contributed by atoms with Crippen LogP contribution in [0.4, 0.5) is 5.00 Å². The molecule has 5 aliphatic carbocycles. The van der Waals surface area contributed by atoms with Gasteiger partial charge in [0.2, 0.25) is 5.91 Å². The van der Waals surface area contributed by atoms with Crippen molar-refractivity contribution >= 4 is 34.1 Å². The van der Waals surface area contributed by atoms with Gasteiger partial charge in [-0.2, -0.15) is 0 Å². The largest absolute Gasteiger partial charge is 0.481 e. The summed E-state index contributed by atoms with van der Waals surface area (Å²) in [6.07, 6.45) is 11.7. The van der Waals surface area contributed by atoms with Crippen LogP contribution in [-0.2, 0) is 22.4 Å². The van der Waals surface area contributed by atoms with Crippen LogP contribution in [0.2, 0.25) is 0 Å². The quantitative estimate of drug-likeness (QED) is 0.580. The molecule has 2 amide bonds. The number of allylic oxidation sites excluding steroid dienone is 2. The van der Waals surface area contributed by atoms with E-state index in [1.54, 1.807) is 0 Å². The third-order valence-corrected chi connectivity index (χ3v) is 8.83. The number of carboxylic acid groups (broad SMARTS) is 1. The van der Waals surface area contributed by atoms with Gasteiger partial charge >= 0.3 is 5.97 Å². The summed E-state index contributed by atoms with van der Waals surface area (Å²) < 4.78 is 0. The zero-order valence-corrected chi connectivity index (χ0v) is 18.7. The number of fused-ring (bicyclic) bond motifs is 3. The lowest BCUT2D eigenvalue weighted by atomic mass is 9.62. The second-order valence-corrected chi connectivity index (χ2v) is 10.7. The minimum atomic E-state index is -0.901. The molecule has 3 N–H and O–H groups in total. The van der Waals surface area contributed by atoms with E-state index in [1.165, 1.54) is 16.2 Å². The van der Waals surface area contributed by atoms with E-state index in [0.29, 0.717) is 16.5 Å². The number of hydrogen-bond donors (Lipinski definition) is 3. The SMILES string of the molecule is CC[C@H]1CCc2c(sc(NC(=O)[C@H]3[C@@H](C(=O)O)[C@H]4C=C[C@@H]3CC4)c2C(=O)NC2CC2)C1. The van der Waals surface area contributed by atoms with Gasteiger partial charge in [-0.1, -0.05) is 25.5 Å².